The molecular weight excluding hydrogens is 440 g/mol. The van der Waals surface area contributed by atoms with Gasteiger partial charge in [-0.15, -0.1) is 0 Å². The molecule has 2 aromatic rings. The third-order valence-electron chi connectivity index (χ3n) is 2.43. The first-order chi connectivity index (χ1) is 8.97. The zero-order chi connectivity index (χ0) is 14.0. The van der Waals surface area contributed by atoms with E-state index in [1.165, 1.54) is 0 Å². The van der Waals surface area contributed by atoms with Crippen LogP contribution >= 0.6 is 47.8 Å². The maximum Gasteiger partial charge on any atom is 0.256 e. The van der Waals surface area contributed by atoms with Crippen molar-refractivity contribution >= 4 is 65.1 Å². The monoisotopic (exact) mass is 446 g/mol. The zero-order valence-corrected chi connectivity index (χ0v) is 14.3. The van der Waals surface area contributed by atoms with Gasteiger partial charge in [0.15, 0.2) is 0 Å². The van der Waals surface area contributed by atoms with Crippen molar-refractivity contribution in [3.8, 4) is 0 Å². The highest BCUT2D eigenvalue weighted by Crippen LogP contribution is 2.25. The van der Waals surface area contributed by atoms with Crippen molar-refractivity contribution in [3.63, 3.8) is 0 Å². The summed E-state index contributed by atoms with van der Waals surface area (Å²) in [5.41, 5.74) is 7.56. The molecule has 2 rings (SSSR count). The maximum atomic E-state index is 12.1. The van der Waals surface area contributed by atoms with Gasteiger partial charge in [-0.05, 0) is 68.3 Å². The molecule has 0 aliphatic rings. The first-order valence-electron chi connectivity index (χ1n) is 5.29. The summed E-state index contributed by atoms with van der Waals surface area (Å²) < 4.78 is 2.43. The number of carbonyl (C=O) groups excluding carboxylic acids is 1. The van der Waals surface area contributed by atoms with E-state index in [0.29, 0.717) is 16.9 Å². The number of nitrogens with one attached hydrogen (secondary N) is 1. The fourth-order valence-electron chi connectivity index (χ4n) is 1.49. The third-order valence-corrected chi connectivity index (χ3v) is 4.30. The molecule has 0 unspecified atom stereocenters. The van der Waals surface area contributed by atoms with Gasteiger partial charge in [-0.25, -0.2) is 0 Å². The molecule has 0 atom stereocenters. The second-order valence-electron chi connectivity index (χ2n) is 3.81. The minimum Gasteiger partial charge on any atom is -0.398 e. The Kier molecular flexibility index (Phi) is 4.65. The van der Waals surface area contributed by atoms with Crippen molar-refractivity contribution in [3.05, 3.63) is 55.4 Å². The highest BCUT2D eigenvalue weighted by molar-refractivity contribution is 9.11. The van der Waals surface area contributed by atoms with E-state index in [1.807, 2.05) is 12.1 Å². The molecule has 98 valence electrons. The van der Waals surface area contributed by atoms with Gasteiger partial charge in [-0.2, -0.15) is 0 Å². The molecule has 6 heteroatoms. The summed E-state index contributed by atoms with van der Waals surface area (Å²) in [7, 11) is 0. The van der Waals surface area contributed by atoms with Gasteiger partial charge in [0.1, 0.15) is 0 Å². The molecule has 0 fully saturated rings. The number of carbonyl (C=O) groups is 1. The number of hydrogen-bond acceptors (Lipinski definition) is 2. The summed E-state index contributed by atoms with van der Waals surface area (Å²) in [5, 5.41) is 2.80. The molecule has 0 saturated heterocycles. The van der Waals surface area contributed by atoms with Crippen LogP contribution in [0.1, 0.15) is 10.4 Å². The Morgan fingerprint density at radius 1 is 1.00 bits per heavy atom. The third kappa shape index (κ3) is 3.58. The Hall–Kier alpha value is -0.850. The second-order valence-corrected chi connectivity index (χ2v) is 6.44. The lowest BCUT2D eigenvalue weighted by Gasteiger charge is -2.08. The SMILES string of the molecule is Nc1cc(NC(=O)c2ccc(Br)cc2Br)ccc1Br. The molecule has 0 aromatic heterocycles. The predicted octanol–water partition coefficient (Wildman–Crippen LogP) is 4.81. The predicted molar refractivity (Wildman–Crippen MR) is 88.3 cm³/mol. The molecule has 0 spiro atoms. The molecule has 3 N–H and O–H groups in total. The Labute approximate surface area is 136 Å². The lowest BCUT2D eigenvalue weighted by molar-refractivity contribution is 0.102. The van der Waals surface area contributed by atoms with E-state index >= 15 is 0 Å². The van der Waals surface area contributed by atoms with Gasteiger partial charge in [0.2, 0.25) is 0 Å². The van der Waals surface area contributed by atoms with Gasteiger partial charge in [0, 0.05) is 24.8 Å². The van der Waals surface area contributed by atoms with Crippen LogP contribution in [0.15, 0.2) is 49.8 Å². The Morgan fingerprint density at radius 2 is 1.74 bits per heavy atom. The largest absolute Gasteiger partial charge is 0.398 e. The average Bonchev–Trinajstić information content (AvgIpc) is 2.33. The smallest absolute Gasteiger partial charge is 0.256 e. The van der Waals surface area contributed by atoms with Crippen molar-refractivity contribution in [1.29, 1.82) is 0 Å². The normalized spacial score (nSPS) is 10.3. The quantitative estimate of drug-likeness (QED) is 0.648. The van der Waals surface area contributed by atoms with Crippen LogP contribution in [0.4, 0.5) is 11.4 Å². The number of halogens is 3. The number of anilines is 2. The van der Waals surface area contributed by atoms with Crippen LogP contribution in [0, 0.1) is 0 Å². The van der Waals surface area contributed by atoms with E-state index in [-0.39, 0.29) is 5.91 Å². The van der Waals surface area contributed by atoms with E-state index in [0.717, 1.165) is 13.4 Å². The van der Waals surface area contributed by atoms with Gasteiger partial charge in [-0.3, -0.25) is 4.79 Å². The van der Waals surface area contributed by atoms with Crippen LogP contribution in [0.3, 0.4) is 0 Å². The van der Waals surface area contributed by atoms with E-state index in [1.54, 1.807) is 24.3 Å². The highest BCUT2D eigenvalue weighted by atomic mass is 79.9. The zero-order valence-electron chi connectivity index (χ0n) is 9.58. The highest BCUT2D eigenvalue weighted by Gasteiger charge is 2.11. The summed E-state index contributed by atoms with van der Waals surface area (Å²) in [6.07, 6.45) is 0. The molecule has 3 nitrogen and oxygen atoms in total. The summed E-state index contributed by atoms with van der Waals surface area (Å²) in [5.74, 6) is -0.193. The lowest BCUT2D eigenvalue weighted by Crippen LogP contribution is -2.12. The van der Waals surface area contributed by atoms with E-state index in [9.17, 15) is 4.79 Å². The fourth-order valence-corrected chi connectivity index (χ4v) is 2.97. The molecule has 0 heterocycles. The Balaban J connectivity index is 2.23. The summed E-state index contributed by atoms with van der Waals surface area (Å²) in [4.78, 5) is 12.1. The summed E-state index contributed by atoms with van der Waals surface area (Å²) >= 11 is 10.0. The standard InChI is InChI=1S/C13H9Br3N2O/c14-7-1-3-9(11(16)5-7)13(19)18-8-2-4-10(15)12(17)6-8/h1-6H,17H2,(H,18,19). The van der Waals surface area contributed by atoms with Crippen LogP contribution in [0.2, 0.25) is 0 Å². The van der Waals surface area contributed by atoms with Crippen LogP contribution in [0.5, 0.6) is 0 Å². The molecule has 19 heavy (non-hydrogen) atoms. The molecular formula is C13H9Br3N2O. The van der Waals surface area contributed by atoms with Crippen LogP contribution in [-0.4, -0.2) is 5.91 Å². The molecule has 0 aliphatic carbocycles. The van der Waals surface area contributed by atoms with E-state index < -0.39 is 0 Å². The molecule has 0 aliphatic heterocycles. The molecule has 2 aromatic carbocycles. The molecule has 0 radical (unpaired) electrons. The average molecular weight is 449 g/mol. The van der Waals surface area contributed by atoms with E-state index in [2.05, 4.69) is 53.1 Å². The number of hydrogen-bond donors (Lipinski definition) is 2. The maximum absolute atomic E-state index is 12.1. The van der Waals surface area contributed by atoms with Crippen molar-refractivity contribution in [2.45, 2.75) is 0 Å². The number of nitrogen functional groups attached to an aromatic ring is 1. The number of amides is 1. The summed E-state index contributed by atoms with van der Waals surface area (Å²) in [6.45, 7) is 0. The molecule has 0 bridgehead atoms. The van der Waals surface area contributed by atoms with Crippen LogP contribution < -0.4 is 11.1 Å². The lowest BCUT2D eigenvalue weighted by atomic mass is 10.2. The first-order valence-corrected chi connectivity index (χ1v) is 7.66. The number of nitrogens with two attached hydrogens (primary N) is 1. The minimum absolute atomic E-state index is 0.193. The van der Waals surface area contributed by atoms with E-state index in [4.69, 9.17) is 5.73 Å². The van der Waals surface area contributed by atoms with Crippen molar-refractivity contribution in [2.75, 3.05) is 11.1 Å². The van der Waals surface area contributed by atoms with Crippen LogP contribution in [-0.2, 0) is 0 Å². The minimum atomic E-state index is -0.193. The Morgan fingerprint density at radius 3 is 2.37 bits per heavy atom. The fraction of sp³-hybridized carbons (Fsp3) is 0. The summed E-state index contributed by atoms with van der Waals surface area (Å²) in [6, 6.07) is 10.7. The van der Waals surface area contributed by atoms with Gasteiger partial charge in [0.25, 0.3) is 5.91 Å². The number of benzene rings is 2. The van der Waals surface area contributed by atoms with Gasteiger partial charge >= 0.3 is 0 Å². The molecule has 0 saturated carbocycles. The number of rotatable bonds is 2. The second kappa shape index (κ2) is 6.07. The first kappa shape index (κ1) is 14.6. The topological polar surface area (TPSA) is 55.1 Å². The van der Waals surface area contributed by atoms with Crippen molar-refractivity contribution in [2.24, 2.45) is 0 Å². The van der Waals surface area contributed by atoms with Crippen LogP contribution in [0.25, 0.3) is 0 Å². The molecule has 1 amide bonds. The van der Waals surface area contributed by atoms with Crippen molar-refractivity contribution in [1.82, 2.24) is 0 Å². The Bertz CT molecular complexity index is 644. The van der Waals surface area contributed by atoms with Gasteiger partial charge < -0.3 is 11.1 Å². The van der Waals surface area contributed by atoms with Gasteiger partial charge in [-0.1, -0.05) is 15.9 Å². The van der Waals surface area contributed by atoms with Crippen molar-refractivity contribution < 1.29 is 4.79 Å². The van der Waals surface area contributed by atoms with Gasteiger partial charge in [0.05, 0.1) is 5.56 Å².